The molecule has 114 valence electrons. The Morgan fingerprint density at radius 2 is 1.85 bits per heavy atom. The van der Waals surface area contributed by atoms with Gasteiger partial charge in [0.25, 0.3) is 0 Å². The largest absolute Gasteiger partial charge is 0.297 e. The highest BCUT2D eigenvalue weighted by atomic mass is 79.9. The third kappa shape index (κ3) is 5.53. The molecular weight excluding hydrogens is 312 g/mol. The summed E-state index contributed by atoms with van der Waals surface area (Å²) in [7, 11) is 0. The van der Waals surface area contributed by atoms with E-state index in [1.807, 2.05) is 12.3 Å². The second-order valence-corrected chi connectivity index (χ2v) is 6.32. The predicted molar refractivity (Wildman–Crippen MR) is 91.2 cm³/mol. The number of nitrogens with zero attached hydrogens (tertiary/aromatic N) is 2. The summed E-state index contributed by atoms with van der Waals surface area (Å²) in [6.07, 6.45) is 6.99. The van der Waals surface area contributed by atoms with Crippen molar-refractivity contribution >= 4 is 15.9 Å². The standard InChI is InChI=1S/C17H29BrN2/c1-4-10-17(14-18,11-5-2)15-20(6-3)13-16-9-7-8-12-19-16/h7-9,12H,4-6,10-11,13-15H2,1-3H3. The van der Waals surface area contributed by atoms with Gasteiger partial charge in [0.1, 0.15) is 0 Å². The number of hydrogen-bond donors (Lipinski definition) is 0. The van der Waals surface area contributed by atoms with E-state index in [0.717, 1.165) is 25.0 Å². The maximum Gasteiger partial charge on any atom is 0.0543 e. The minimum Gasteiger partial charge on any atom is -0.297 e. The van der Waals surface area contributed by atoms with Crippen molar-refractivity contribution in [1.29, 1.82) is 0 Å². The van der Waals surface area contributed by atoms with Crippen molar-refractivity contribution in [3.8, 4) is 0 Å². The average Bonchev–Trinajstić information content (AvgIpc) is 2.48. The van der Waals surface area contributed by atoms with Crippen LogP contribution in [0.1, 0.15) is 52.1 Å². The topological polar surface area (TPSA) is 16.1 Å². The highest BCUT2D eigenvalue weighted by Crippen LogP contribution is 2.33. The van der Waals surface area contributed by atoms with E-state index in [4.69, 9.17) is 0 Å². The van der Waals surface area contributed by atoms with E-state index in [1.54, 1.807) is 0 Å². The lowest BCUT2D eigenvalue weighted by atomic mass is 9.80. The lowest BCUT2D eigenvalue weighted by Crippen LogP contribution is -2.39. The molecule has 2 nitrogen and oxygen atoms in total. The van der Waals surface area contributed by atoms with Gasteiger partial charge in [-0.05, 0) is 36.9 Å². The molecule has 0 bridgehead atoms. The Hall–Kier alpha value is -0.410. The second kappa shape index (κ2) is 9.51. The van der Waals surface area contributed by atoms with Gasteiger partial charge in [-0.2, -0.15) is 0 Å². The van der Waals surface area contributed by atoms with Crippen LogP contribution >= 0.6 is 15.9 Å². The van der Waals surface area contributed by atoms with Crippen LogP contribution in [-0.2, 0) is 6.54 Å². The molecule has 1 rings (SSSR count). The minimum atomic E-state index is 0.411. The van der Waals surface area contributed by atoms with E-state index in [0.29, 0.717) is 5.41 Å². The van der Waals surface area contributed by atoms with Gasteiger partial charge in [0, 0.05) is 24.6 Å². The Morgan fingerprint density at radius 3 is 2.30 bits per heavy atom. The molecule has 0 spiro atoms. The molecule has 0 fully saturated rings. The summed E-state index contributed by atoms with van der Waals surface area (Å²) in [5.41, 5.74) is 1.58. The van der Waals surface area contributed by atoms with Gasteiger partial charge in [-0.15, -0.1) is 0 Å². The van der Waals surface area contributed by atoms with Gasteiger partial charge in [-0.25, -0.2) is 0 Å². The van der Waals surface area contributed by atoms with Crippen LogP contribution in [0.15, 0.2) is 24.4 Å². The first-order valence-corrected chi connectivity index (χ1v) is 9.00. The van der Waals surface area contributed by atoms with Gasteiger partial charge in [-0.1, -0.05) is 55.6 Å². The SMILES string of the molecule is CCCC(CBr)(CCC)CN(CC)Cc1ccccn1. The van der Waals surface area contributed by atoms with Crippen molar-refractivity contribution < 1.29 is 0 Å². The molecule has 0 N–H and O–H groups in total. The molecule has 0 unspecified atom stereocenters. The summed E-state index contributed by atoms with van der Waals surface area (Å²) >= 11 is 3.78. The summed E-state index contributed by atoms with van der Waals surface area (Å²) in [6.45, 7) is 10.0. The van der Waals surface area contributed by atoms with Crippen LogP contribution in [-0.4, -0.2) is 28.3 Å². The molecule has 0 amide bonds. The molecule has 0 saturated heterocycles. The second-order valence-electron chi connectivity index (χ2n) is 5.76. The zero-order valence-corrected chi connectivity index (χ0v) is 14.8. The highest BCUT2D eigenvalue weighted by Gasteiger charge is 2.29. The zero-order chi connectivity index (χ0) is 14.8. The third-order valence-corrected chi connectivity index (χ3v) is 5.15. The van der Waals surface area contributed by atoms with Crippen molar-refractivity contribution in [1.82, 2.24) is 9.88 Å². The molecule has 1 heterocycles. The van der Waals surface area contributed by atoms with Gasteiger partial charge in [-0.3, -0.25) is 9.88 Å². The number of halogens is 1. The maximum absolute atomic E-state index is 4.46. The van der Waals surface area contributed by atoms with E-state index in [1.165, 1.54) is 31.4 Å². The smallest absolute Gasteiger partial charge is 0.0543 e. The van der Waals surface area contributed by atoms with Crippen LogP contribution in [0.4, 0.5) is 0 Å². The number of pyridine rings is 1. The van der Waals surface area contributed by atoms with Crippen LogP contribution in [0.3, 0.4) is 0 Å². The average molecular weight is 341 g/mol. The van der Waals surface area contributed by atoms with Crippen molar-refractivity contribution in [3.63, 3.8) is 0 Å². The van der Waals surface area contributed by atoms with E-state index < -0.39 is 0 Å². The fraction of sp³-hybridized carbons (Fsp3) is 0.706. The lowest BCUT2D eigenvalue weighted by Gasteiger charge is -2.37. The first-order chi connectivity index (χ1) is 9.69. The number of alkyl halides is 1. The summed E-state index contributed by atoms with van der Waals surface area (Å²) in [6, 6.07) is 6.18. The molecule has 20 heavy (non-hydrogen) atoms. The van der Waals surface area contributed by atoms with E-state index in [2.05, 4.69) is 58.7 Å². The highest BCUT2D eigenvalue weighted by molar-refractivity contribution is 9.09. The van der Waals surface area contributed by atoms with Gasteiger partial charge in [0.15, 0.2) is 0 Å². The Balaban J connectivity index is 2.72. The Kier molecular flexibility index (Phi) is 8.39. The summed E-state index contributed by atoms with van der Waals surface area (Å²) < 4.78 is 0. The van der Waals surface area contributed by atoms with Crippen molar-refractivity contribution in [3.05, 3.63) is 30.1 Å². The third-order valence-electron chi connectivity index (χ3n) is 3.96. The molecule has 1 aromatic rings. The molecular formula is C17H29BrN2. The van der Waals surface area contributed by atoms with Gasteiger partial charge in [0.05, 0.1) is 5.69 Å². The number of rotatable bonds is 10. The zero-order valence-electron chi connectivity index (χ0n) is 13.2. The van der Waals surface area contributed by atoms with Crippen molar-refractivity contribution in [2.24, 2.45) is 5.41 Å². The molecule has 0 saturated carbocycles. The molecule has 0 aliphatic rings. The molecule has 0 radical (unpaired) electrons. The first-order valence-electron chi connectivity index (χ1n) is 7.88. The fourth-order valence-corrected chi connectivity index (χ4v) is 3.73. The maximum atomic E-state index is 4.46. The van der Waals surface area contributed by atoms with E-state index in [9.17, 15) is 0 Å². The van der Waals surface area contributed by atoms with Crippen molar-refractivity contribution in [2.75, 3.05) is 18.4 Å². The monoisotopic (exact) mass is 340 g/mol. The quantitative estimate of drug-likeness (QED) is 0.564. The molecule has 0 atom stereocenters. The Morgan fingerprint density at radius 1 is 1.15 bits per heavy atom. The number of aromatic nitrogens is 1. The van der Waals surface area contributed by atoms with Crippen LogP contribution < -0.4 is 0 Å². The van der Waals surface area contributed by atoms with Gasteiger partial charge >= 0.3 is 0 Å². The summed E-state index contributed by atoms with van der Waals surface area (Å²) in [5, 5.41) is 1.10. The Labute approximate surface area is 133 Å². The molecule has 0 aliphatic heterocycles. The molecule has 3 heteroatoms. The van der Waals surface area contributed by atoms with Crippen LogP contribution in [0.25, 0.3) is 0 Å². The molecule has 0 aliphatic carbocycles. The van der Waals surface area contributed by atoms with Crippen LogP contribution in [0, 0.1) is 5.41 Å². The van der Waals surface area contributed by atoms with Crippen LogP contribution in [0.5, 0.6) is 0 Å². The van der Waals surface area contributed by atoms with Gasteiger partial charge in [0.2, 0.25) is 0 Å². The van der Waals surface area contributed by atoms with Gasteiger partial charge < -0.3 is 0 Å². The minimum absolute atomic E-state index is 0.411. The Bertz CT molecular complexity index is 347. The van der Waals surface area contributed by atoms with E-state index >= 15 is 0 Å². The molecule has 0 aromatic carbocycles. The fourth-order valence-electron chi connectivity index (χ4n) is 2.99. The predicted octanol–water partition coefficient (Wildman–Crippen LogP) is 4.89. The summed E-state index contributed by atoms with van der Waals surface area (Å²) in [4.78, 5) is 7.00. The first kappa shape index (κ1) is 17.6. The normalized spacial score (nSPS) is 12.1. The molecule has 1 aromatic heterocycles. The lowest BCUT2D eigenvalue weighted by molar-refractivity contribution is 0.145. The summed E-state index contributed by atoms with van der Waals surface area (Å²) in [5.74, 6) is 0. The van der Waals surface area contributed by atoms with Crippen LogP contribution in [0.2, 0.25) is 0 Å². The number of hydrogen-bond acceptors (Lipinski definition) is 2. The van der Waals surface area contributed by atoms with Crippen molar-refractivity contribution in [2.45, 2.75) is 53.0 Å². The van der Waals surface area contributed by atoms with E-state index in [-0.39, 0.29) is 0 Å².